The summed E-state index contributed by atoms with van der Waals surface area (Å²) in [5.74, 6) is -1.10. The third-order valence-electron chi connectivity index (χ3n) is 5.51. The second kappa shape index (κ2) is 8.82. The highest BCUT2D eigenvalue weighted by molar-refractivity contribution is 6.52. The molecule has 0 unspecified atom stereocenters. The Kier molecular flexibility index (Phi) is 5.53. The Hall–Kier alpha value is -4.87. The van der Waals surface area contributed by atoms with Gasteiger partial charge in [0.2, 0.25) is 0 Å². The van der Waals surface area contributed by atoms with E-state index in [-0.39, 0.29) is 24.4 Å². The number of amides is 1. The molecular weight excluding hydrogens is 458 g/mol. The predicted octanol–water partition coefficient (Wildman–Crippen LogP) is 2.49. The number of nitro benzene ring substituents is 1. The lowest BCUT2D eigenvalue weighted by atomic mass is 10.1. The number of aromatic nitrogens is 3. The second-order valence-electron chi connectivity index (χ2n) is 7.79. The van der Waals surface area contributed by atoms with Crippen LogP contribution in [-0.2, 0) is 17.9 Å². The summed E-state index contributed by atoms with van der Waals surface area (Å²) in [6.07, 6.45) is 2.14. The molecule has 2 aromatic heterocycles. The van der Waals surface area contributed by atoms with E-state index in [0.29, 0.717) is 41.1 Å². The van der Waals surface area contributed by atoms with Gasteiger partial charge >= 0.3 is 5.63 Å². The van der Waals surface area contributed by atoms with Crippen LogP contribution in [0.3, 0.4) is 0 Å². The SMILES string of the molecule is O=C1C(=O)N(CCCn2cc(COc3cc(=O)oc4ccccc34)nn2)c2ccc([N+](=O)[O-])cc21. The van der Waals surface area contributed by atoms with Crippen LogP contribution in [-0.4, -0.2) is 38.2 Å². The number of benzene rings is 2. The van der Waals surface area contributed by atoms with Gasteiger partial charge < -0.3 is 14.1 Å². The van der Waals surface area contributed by atoms with Crippen molar-refractivity contribution in [1.82, 2.24) is 15.0 Å². The van der Waals surface area contributed by atoms with Gasteiger partial charge in [-0.2, -0.15) is 0 Å². The molecule has 0 bridgehead atoms. The Morgan fingerprint density at radius 2 is 1.89 bits per heavy atom. The maximum Gasteiger partial charge on any atom is 0.339 e. The number of non-ortho nitro benzene ring substituents is 1. The number of fused-ring (bicyclic) bond motifs is 2. The van der Waals surface area contributed by atoms with Crippen LogP contribution in [0.5, 0.6) is 5.75 Å². The number of ether oxygens (including phenoxy) is 1. The van der Waals surface area contributed by atoms with Gasteiger partial charge in [0, 0.05) is 25.2 Å². The van der Waals surface area contributed by atoms with Crippen molar-refractivity contribution in [2.24, 2.45) is 0 Å². The maximum absolute atomic E-state index is 12.4. The van der Waals surface area contributed by atoms with Crippen molar-refractivity contribution in [2.45, 2.75) is 19.6 Å². The van der Waals surface area contributed by atoms with Crippen molar-refractivity contribution in [3.63, 3.8) is 0 Å². The van der Waals surface area contributed by atoms with Gasteiger partial charge in [-0.15, -0.1) is 5.10 Å². The quantitative estimate of drug-likeness (QED) is 0.162. The van der Waals surface area contributed by atoms with E-state index >= 15 is 0 Å². The van der Waals surface area contributed by atoms with Crippen LogP contribution in [0.4, 0.5) is 11.4 Å². The highest BCUT2D eigenvalue weighted by Crippen LogP contribution is 2.32. The van der Waals surface area contributed by atoms with Gasteiger partial charge in [-0.1, -0.05) is 17.3 Å². The number of ketones is 1. The maximum atomic E-state index is 12.4. The monoisotopic (exact) mass is 475 g/mol. The molecule has 3 heterocycles. The molecule has 0 spiro atoms. The Labute approximate surface area is 196 Å². The molecule has 1 aliphatic rings. The molecule has 0 radical (unpaired) electrons. The molecule has 0 fully saturated rings. The Balaban J connectivity index is 1.20. The average Bonchev–Trinajstić information content (AvgIpc) is 3.40. The lowest BCUT2D eigenvalue weighted by Crippen LogP contribution is -2.31. The average molecular weight is 475 g/mol. The minimum absolute atomic E-state index is 0.0341. The number of rotatable bonds is 8. The minimum atomic E-state index is -0.758. The third-order valence-corrected chi connectivity index (χ3v) is 5.51. The number of carbonyl (C=O) groups is 2. The number of carbonyl (C=O) groups excluding carboxylic acids is 2. The van der Waals surface area contributed by atoms with E-state index < -0.39 is 22.2 Å². The fraction of sp³-hybridized carbons (Fsp3) is 0.174. The van der Waals surface area contributed by atoms with Crippen molar-refractivity contribution in [3.05, 3.63) is 86.5 Å². The zero-order chi connectivity index (χ0) is 24.5. The predicted molar refractivity (Wildman–Crippen MR) is 121 cm³/mol. The van der Waals surface area contributed by atoms with E-state index in [9.17, 15) is 24.5 Å². The van der Waals surface area contributed by atoms with Gasteiger partial charge in [0.25, 0.3) is 17.4 Å². The molecule has 0 aliphatic carbocycles. The minimum Gasteiger partial charge on any atom is -0.486 e. The normalized spacial score (nSPS) is 12.9. The topological polar surface area (TPSA) is 151 Å². The number of nitro groups is 1. The lowest BCUT2D eigenvalue weighted by molar-refractivity contribution is -0.384. The zero-order valence-corrected chi connectivity index (χ0v) is 18.1. The Morgan fingerprint density at radius 1 is 1.06 bits per heavy atom. The zero-order valence-electron chi connectivity index (χ0n) is 18.1. The number of hydrogen-bond acceptors (Lipinski definition) is 9. The van der Waals surface area contributed by atoms with Gasteiger partial charge in [0.05, 0.1) is 33.8 Å². The first-order chi connectivity index (χ1) is 16.9. The highest BCUT2D eigenvalue weighted by Gasteiger charge is 2.36. The van der Waals surface area contributed by atoms with Crippen LogP contribution in [0.2, 0.25) is 0 Å². The molecule has 12 heteroatoms. The molecule has 0 atom stereocenters. The van der Waals surface area contributed by atoms with Gasteiger partial charge in [0.15, 0.2) is 0 Å². The standard InChI is InChI=1S/C23H17N5O7/c29-21-11-20(16-4-1-2-5-19(16)35-21)34-13-14-12-26(25-24-14)8-3-9-27-18-7-6-15(28(32)33)10-17(18)22(30)23(27)31/h1-2,4-7,10-12H,3,8-9,13H2. The summed E-state index contributed by atoms with van der Waals surface area (Å²) in [4.78, 5) is 48.0. The fourth-order valence-electron chi connectivity index (χ4n) is 3.88. The second-order valence-corrected chi connectivity index (χ2v) is 7.79. The first-order valence-electron chi connectivity index (χ1n) is 10.6. The van der Waals surface area contributed by atoms with Gasteiger partial charge in [-0.05, 0) is 24.6 Å². The molecule has 1 aliphatic heterocycles. The van der Waals surface area contributed by atoms with E-state index in [1.54, 1.807) is 29.1 Å². The summed E-state index contributed by atoms with van der Waals surface area (Å²) in [5, 5.41) is 19.7. The van der Waals surface area contributed by atoms with E-state index in [1.807, 2.05) is 6.07 Å². The van der Waals surface area contributed by atoms with Crippen molar-refractivity contribution in [1.29, 1.82) is 0 Å². The largest absolute Gasteiger partial charge is 0.486 e. The van der Waals surface area contributed by atoms with Crippen LogP contribution in [0.15, 0.2) is 63.9 Å². The fourth-order valence-corrected chi connectivity index (χ4v) is 3.88. The summed E-state index contributed by atoms with van der Waals surface area (Å²) in [6.45, 7) is 0.719. The lowest BCUT2D eigenvalue weighted by Gasteiger charge is -2.16. The molecule has 4 aromatic rings. The molecule has 35 heavy (non-hydrogen) atoms. The van der Waals surface area contributed by atoms with Crippen LogP contribution in [0, 0.1) is 10.1 Å². The molecule has 5 rings (SSSR count). The molecule has 176 valence electrons. The van der Waals surface area contributed by atoms with Gasteiger partial charge in [-0.3, -0.25) is 24.4 Å². The molecule has 0 saturated carbocycles. The highest BCUT2D eigenvalue weighted by atomic mass is 16.6. The first-order valence-corrected chi connectivity index (χ1v) is 10.6. The number of aryl methyl sites for hydroxylation is 1. The van der Waals surface area contributed by atoms with E-state index in [4.69, 9.17) is 9.15 Å². The van der Waals surface area contributed by atoms with E-state index in [1.165, 1.54) is 23.1 Å². The molecule has 0 N–H and O–H groups in total. The van der Waals surface area contributed by atoms with Crippen LogP contribution >= 0.6 is 0 Å². The first kappa shape index (κ1) is 21.9. The van der Waals surface area contributed by atoms with Crippen LogP contribution in [0.25, 0.3) is 11.0 Å². The number of hydrogen-bond donors (Lipinski definition) is 0. The molecular formula is C23H17N5O7. The number of anilines is 1. The van der Waals surface area contributed by atoms with Gasteiger partial charge in [-0.25, -0.2) is 4.79 Å². The summed E-state index contributed by atoms with van der Waals surface area (Å²) in [6, 6.07) is 12.1. The van der Waals surface area contributed by atoms with Crippen molar-refractivity contribution in [2.75, 3.05) is 11.4 Å². The molecule has 0 saturated heterocycles. The summed E-state index contributed by atoms with van der Waals surface area (Å²) < 4.78 is 12.5. The smallest absolute Gasteiger partial charge is 0.339 e. The van der Waals surface area contributed by atoms with E-state index in [0.717, 1.165) is 6.07 Å². The Bertz CT molecular complexity index is 1540. The van der Waals surface area contributed by atoms with Crippen molar-refractivity contribution < 1.29 is 23.7 Å². The summed E-state index contributed by atoms with van der Waals surface area (Å²) in [5.41, 5.74) is 0.587. The van der Waals surface area contributed by atoms with Crippen LogP contribution in [0.1, 0.15) is 22.5 Å². The Morgan fingerprint density at radius 3 is 2.71 bits per heavy atom. The summed E-state index contributed by atoms with van der Waals surface area (Å²) in [7, 11) is 0. The number of nitrogens with zero attached hydrogens (tertiary/aromatic N) is 5. The molecule has 1 amide bonds. The number of para-hydroxylation sites is 1. The number of Topliss-reactive ketones (excluding diaryl/α,β-unsaturated/α-hetero) is 1. The van der Waals surface area contributed by atoms with Gasteiger partial charge in [0.1, 0.15) is 23.6 Å². The summed E-state index contributed by atoms with van der Waals surface area (Å²) >= 11 is 0. The molecule has 2 aromatic carbocycles. The third kappa shape index (κ3) is 4.24. The van der Waals surface area contributed by atoms with E-state index in [2.05, 4.69) is 10.3 Å². The molecule has 12 nitrogen and oxygen atoms in total. The van der Waals surface area contributed by atoms with Crippen molar-refractivity contribution >= 4 is 34.0 Å². The van der Waals surface area contributed by atoms with Crippen LogP contribution < -0.4 is 15.3 Å². The van der Waals surface area contributed by atoms with Crippen molar-refractivity contribution in [3.8, 4) is 5.75 Å².